The second-order valence-corrected chi connectivity index (χ2v) is 8.81. The van der Waals surface area contributed by atoms with Gasteiger partial charge in [0.1, 0.15) is 11.6 Å². The monoisotopic (exact) mass is 433 g/mol. The predicted molar refractivity (Wildman–Crippen MR) is 111 cm³/mol. The minimum Gasteiger partial charge on any atom is -0.494 e. The normalized spacial score (nSPS) is 15.9. The van der Waals surface area contributed by atoms with E-state index >= 15 is 0 Å². The number of amides is 1. The lowest BCUT2D eigenvalue weighted by Gasteiger charge is -2.30. The van der Waals surface area contributed by atoms with Crippen LogP contribution >= 0.6 is 0 Å². The molecule has 0 unspecified atom stereocenters. The zero-order chi connectivity index (χ0) is 21.6. The molecule has 1 fully saturated rings. The molecule has 2 aromatic rings. The fraction of sp³-hybridized carbons (Fsp3) is 0.333. The van der Waals surface area contributed by atoms with Crippen molar-refractivity contribution in [3.05, 3.63) is 59.9 Å². The lowest BCUT2D eigenvalue weighted by Crippen LogP contribution is -2.42. The lowest BCUT2D eigenvalue weighted by molar-refractivity contribution is -0.126. The van der Waals surface area contributed by atoms with Crippen molar-refractivity contribution in [1.29, 1.82) is 0 Å². The first-order chi connectivity index (χ1) is 14.4. The van der Waals surface area contributed by atoms with Gasteiger partial charge in [0.2, 0.25) is 15.9 Å². The van der Waals surface area contributed by atoms with Crippen LogP contribution in [0.1, 0.15) is 25.3 Å². The first-order valence-corrected chi connectivity index (χ1v) is 11.2. The van der Waals surface area contributed by atoms with E-state index < -0.39 is 15.8 Å². The number of halogens is 1. The van der Waals surface area contributed by atoms with Gasteiger partial charge in [-0.2, -0.15) is 9.41 Å². The molecule has 0 spiro atoms. The average molecular weight is 434 g/mol. The van der Waals surface area contributed by atoms with Crippen LogP contribution in [-0.2, 0) is 14.8 Å². The predicted octanol–water partition coefficient (Wildman–Crippen LogP) is 2.78. The van der Waals surface area contributed by atoms with Gasteiger partial charge in [-0.25, -0.2) is 18.2 Å². The smallest absolute Gasteiger partial charge is 0.243 e. The number of ether oxygens (including phenoxy) is 1. The molecule has 0 saturated carbocycles. The first-order valence-electron chi connectivity index (χ1n) is 9.71. The number of benzene rings is 2. The molecule has 1 heterocycles. The van der Waals surface area contributed by atoms with E-state index in [2.05, 4.69) is 10.5 Å². The van der Waals surface area contributed by atoms with E-state index in [1.165, 1.54) is 16.4 Å². The van der Waals surface area contributed by atoms with Gasteiger partial charge in [0.25, 0.3) is 0 Å². The highest BCUT2D eigenvalue weighted by atomic mass is 32.2. The Morgan fingerprint density at radius 2 is 1.80 bits per heavy atom. The Balaban J connectivity index is 1.50. The molecule has 160 valence electrons. The quantitative estimate of drug-likeness (QED) is 0.537. The molecule has 1 aliphatic heterocycles. The lowest BCUT2D eigenvalue weighted by atomic mass is 9.98. The topological polar surface area (TPSA) is 88.1 Å². The Morgan fingerprint density at radius 3 is 2.40 bits per heavy atom. The van der Waals surface area contributed by atoms with E-state index in [4.69, 9.17) is 4.74 Å². The third-order valence-electron chi connectivity index (χ3n) is 4.86. The Bertz CT molecular complexity index is 984. The summed E-state index contributed by atoms with van der Waals surface area (Å²) in [6, 6.07) is 12.1. The molecule has 0 bridgehead atoms. The molecule has 1 N–H and O–H groups in total. The van der Waals surface area contributed by atoms with Crippen molar-refractivity contribution in [1.82, 2.24) is 9.73 Å². The minimum absolute atomic E-state index is 0.0479. The number of rotatable bonds is 7. The second-order valence-electron chi connectivity index (χ2n) is 6.87. The van der Waals surface area contributed by atoms with Crippen LogP contribution in [0.5, 0.6) is 5.75 Å². The Hall–Kier alpha value is -2.78. The van der Waals surface area contributed by atoms with Gasteiger partial charge in [-0.05, 0) is 73.9 Å². The Labute approximate surface area is 175 Å². The van der Waals surface area contributed by atoms with Crippen LogP contribution in [-0.4, -0.2) is 44.5 Å². The van der Waals surface area contributed by atoms with Gasteiger partial charge in [0.15, 0.2) is 0 Å². The zero-order valence-corrected chi connectivity index (χ0v) is 17.4. The number of piperidine rings is 1. The number of sulfonamides is 1. The van der Waals surface area contributed by atoms with Crippen molar-refractivity contribution < 1.29 is 22.3 Å². The van der Waals surface area contributed by atoms with Gasteiger partial charge in [0.05, 0.1) is 17.7 Å². The molecule has 2 aromatic carbocycles. The SMILES string of the molecule is CCOc1ccc(/C=N\NC(=O)C2CCN(S(=O)(=O)c3ccc(F)cc3)CC2)cc1. The fourth-order valence-electron chi connectivity index (χ4n) is 3.19. The number of nitrogens with one attached hydrogen (secondary N) is 1. The molecular formula is C21H24FN3O4S. The molecular weight excluding hydrogens is 409 g/mol. The summed E-state index contributed by atoms with van der Waals surface area (Å²) in [5.41, 5.74) is 3.34. The standard InChI is InChI=1S/C21H24FN3O4S/c1-2-29-19-7-3-16(4-8-19)15-23-24-21(26)17-11-13-25(14-12-17)30(27,28)20-9-5-18(22)6-10-20/h3-10,15,17H,2,11-14H2,1H3,(H,24,26)/b23-15-. The van der Waals surface area contributed by atoms with Crippen LogP contribution < -0.4 is 10.2 Å². The highest BCUT2D eigenvalue weighted by molar-refractivity contribution is 7.89. The van der Waals surface area contributed by atoms with E-state index in [0.29, 0.717) is 19.4 Å². The first kappa shape index (κ1) is 21.9. The van der Waals surface area contributed by atoms with E-state index in [1.807, 2.05) is 31.2 Å². The molecule has 1 saturated heterocycles. The van der Waals surface area contributed by atoms with Crippen LogP contribution in [0.2, 0.25) is 0 Å². The molecule has 0 aliphatic carbocycles. The molecule has 1 amide bonds. The van der Waals surface area contributed by atoms with Crippen molar-refractivity contribution in [2.24, 2.45) is 11.0 Å². The maximum atomic E-state index is 13.0. The second kappa shape index (κ2) is 9.82. The Kier molecular flexibility index (Phi) is 7.17. The molecule has 7 nitrogen and oxygen atoms in total. The summed E-state index contributed by atoms with van der Waals surface area (Å²) >= 11 is 0. The van der Waals surface area contributed by atoms with Gasteiger partial charge in [0, 0.05) is 19.0 Å². The number of carbonyl (C=O) groups excluding carboxylic acids is 1. The summed E-state index contributed by atoms with van der Waals surface area (Å²) in [5, 5.41) is 3.98. The van der Waals surface area contributed by atoms with Crippen LogP contribution in [0.25, 0.3) is 0 Å². The van der Waals surface area contributed by atoms with E-state index in [9.17, 15) is 17.6 Å². The largest absolute Gasteiger partial charge is 0.494 e. The number of carbonyl (C=O) groups is 1. The highest BCUT2D eigenvalue weighted by Gasteiger charge is 2.32. The molecule has 1 aliphatic rings. The molecule has 30 heavy (non-hydrogen) atoms. The highest BCUT2D eigenvalue weighted by Crippen LogP contribution is 2.24. The number of hydrazone groups is 1. The van der Waals surface area contributed by atoms with E-state index in [1.54, 1.807) is 6.21 Å². The van der Waals surface area contributed by atoms with Gasteiger partial charge in [-0.15, -0.1) is 0 Å². The molecule has 3 rings (SSSR count). The van der Waals surface area contributed by atoms with Crippen LogP contribution in [0.3, 0.4) is 0 Å². The summed E-state index contributed by atoms with van der Waals surface area (Å²) in [4.78, 5) is 12.4. The van der Waals surface area contributed by atoms with Gasteiger partial charge in [-0.3, -0.25) is 4.79 Å². The summed E-state index contributed by atoms with van der Waals surface area (Å²) in [7, 11) is -3.69. The number of hydrogen-bond donors (Lipinski definition) is 1. The Morgan fingerprint density at radius 1 is 1.17 bits per heavy atom. The van der Waals surface area contributed by atoms with Crippen molar-refractivity contribution in [3.8, 4) is 5.75 Å². The van der Waals surface area contributed by atoms with Crippen molar-refractivity contribution >= 4 is 22.1 Å². The zero-order valence-electron chi connectivity index (χ0n) is 16.6. The van der Waals surface area contributed by atoms with E-state index in [0.717, 1.165) is 23.4 Å². The van der Waals surface area contributed by atoms with Crippen molar-refractivity contribution in [2.75, 3.05) is 19.7 Å². The van der Waals surface area contributed by atoms with Gasteiger partial charge >= 0.3 is 0 Å². The molecule has 0 radical (unpaired) electrons. The molecule has 9 heteroatoms. The van der Waals surface area contributed by atoms with Crippen molar-refractivity contribution in [2.45, 2.75) is 24.7 Å². The average Bonchev–Trinajstić information content (AvgIpc) is 2.75. The number of nitrogens with zero attached hydrogens (tertiary/aromatic N) is 2. The third kappa shape index (κ3) is 5.43. The van der Waals surface area contributed by atoms with Gasteiger partial charge in [-0.1, -0.05) is 0 Å². The fourth-order valence-corrected chi connectivity index (χ4v) is 4.66. The third-order valence-corrected chi connectivity index (χ3v) is 6.77. The summed E-state index contributed by atoms with van der Waals surface area (Å²) in [6.45, 7) is 2.95. The van der Waals surface area contributed by atoms with Gasteiger partial charge < -0.3 is 4.74 Å². The van der Waals surface area contributed by atoms with Crippen LogP contribution in [0.4, 0.5) is 4.39 Å². The molecule has 0 aromatic heterocycles. The molecule has 0 atom stereocenters. The van der Waals surface area contributed by atoms with E-state index in [-0.39, 0.29) is 29.8 Å². The summed E-state index contributed by atoms with van der Waals surface area (Å²) in [5.74, 6) is -0.283. The maximum Gasteiger partial charge on any atom is 0.243 e. The number of hydrogen-bond acceptors (Lipinski definition) is 5. The van der Waals surface area contributed by atoms with Crippen molar-refractivity contribution in [3.63, 3.8) is 0 Å². The minimum atomic E-state index is -3.69. The van der Waals surface area contributed by atoms with Crippen LogP contribution in [0, 0.1) is 11.7 Å². The summed E-state index contributed by atoms with van der Waals surface area (Å²) < 4.78 is 45.0. The maximum absolute atomic E-state index is 13.0. The summed E-state index contributed by atoms with van der Waals surface area (Å²) in [6.07, 6.45) is 2.33. The van der Waals surface area contributed by atoms with Crippen LogP contribution in [0.15, 0.2) is 58.5 Å².